The molecule has 0 spiro atoms. The Bertz CT molecular complexity index is 641. The van der Waals surface area contributed by atoms with Crippen LogP contribution in [-0.4, -0.2) is 48.1 Å². The second-order valence-electron chi connectivity index (χ2n) is 5.08. The van der Waals surface area contributed by atoms with Gasteiger partial charge in [0.05, 0.1) is 17.1 Å². The van der Waals surface area contributed by atoms with Gasteiger partial charge in [0.1, 0.15) is 0 Å². The minimum Gasteiger partial charge on any atom is -0.478 e. The standard InChI is InChI=1S/C14H19NO5S/c1-2-10-5-6-11(14(17)18)8-13(10)21(19,20)15-7-3-4-12(15)9-16/h5-6,8,12,16H,2-4,7,9H2,1H3,(H,17,18)/t12-/m1/s1. The third kappa shape index (κ3) is 2.95. The van der Waals surface area contributed by atoms with Crippen LogP contribution in [-0.2, 0) is 16.4 Å². The minimum absolute atomic E-state index is 0.0326. The van der Waals surface area contributed by atoms with Gasteiger partial charge in [0.25, 0.3) is 0 Å². The van der Waals surface area contributed by atoms with Crippen molar-refractivity contribution in [1.82, 2.24) is 4.31 Å². The van der Waals surface area contributed by atoms with Gasteiger partial charge in [0.2, 0.25) is 10.0 Å². The van der Waals surface area contributed by atoms with Crippen LogP contribution >= 0.6 is 0 Å². The summed E-state index contributed by atoms with van der Waals surface area (Å²) in [6.45, 7) is 1.95. The van der Waals surface area contributed by atoms with E-state index in [1.54, 1.807) is 6.07 Å². The Morgan fingerprint density at radius 2 is 2.14 bits per heavy atom. The average molecular weight is 313 g/mol. The molecule has 0 unspecified atom stereocenters. The predicted octanol–water partition coefficient (Wildman–Crippen LogP) is 1.09. The quantitative estimate of drug-likeness (QED) is 0.848. The monoisotopic (exact) mass is 313 g/mol. The number of sulfonamides is 1. The lowest BCUT2D eigenvalue weighted by molar-refractivity contribution is 0.0696. The van der Waals surface area contributed by atoms with Gasteiger partial charge in [-0.1, -0.05) is 13.0 Å². The fourth-order valence-electron chi connectivity index (χ4n) is 2.65. The van der Waals surface area contributed by atoms with Gasteiger partial charge < -0.3 is 10.2 Å². The number of aliphatic hydroxyl groups excluding tert-OH is 1. The van der Waals surface area contributed by atoms with Gasteiger partial charge in [-0.3, -0.25) is 0 Å². The summed E-state index contributed by atoms with van der Waals surface area (Å²) in [6.07, 6.45) is 1.81. The molecule has 1 fully saturated rings. The zero-order valence-electron chi connectivity index (χ0n) is 11.8. The first-order chi connectivity index (χ1) is 9.91. The molecule has 2 N–H and O–H groups in total. The number of carbonyl (C=O) groups is 1. The maximum atomic E-state index is 12.8. The molecule has 2 rings (SSSR count). The van der Waals surface area contributed by atoms with E-state index >= 15 is 0 Å². The molecule has 1 saturated heterocycles. The normalized spacial score (nSPS) is 19.8. The van der Waals surface area contributed by atoms with E-state index < -0.39 is 22.0 Å². The van der Waals surface area contributed by atoms with Gasteiger partial charge in [-0.15, -0.1) is 0 Å². The minimum atomic E-state index is -3.79. The molecule has 6 nitrogen and oxygen atoms in total. The van der Waals surface area contributed by atoms with Crippen LogP contribution in [0.25, 0.3) is 0 Å². The van der Waals surface area contributed by atoms with E-state index in [2.05, 4.69) is 0 Å². The summed E-state index contributed by atoms with van der Waals surface area (Å²) in [6, 6.07) is 3.74. The van der Waals surface area contributed by atoms with E-state index in [1.165, 1.54) is 16.4 Å². The highest BCUT2D eigenvalue weighted by molar-refractivity contribution is 7.89. The number of hydrogen-bond donors (Lipinski definition) is 2. The molecule has 7 heteroatoms. The number of carboxylic acid groups (broad SMARTS) is 1. The Morgan fingerprint density at radius 1 is 1.43 bits per heavy atom. The van der Waals surface area contributed by atoms with Crippen LogP contribution in [0.5, 0.6) is 0 Å². The number of carboxylic acids is 1. The topological polar surface area (TPSA) is 94.9 Å². The summed E-state index contributed by atoms with van der Waals surface area (Å²) in [7, 11) is -3.79. The molecule has 0 aliphatic carbocycles. The van der Waals surface area contributed by atoms with E-state index in [-0.39, 0.29) is 17.1 Å². The number of aliphatic hydroxyl groups is 1. The average Bonchev–Trinajstić information content (AvgIpc) is 2.95. The van der Waals surface area contributed by atoms with Gasteiger partial charge in [-0.25, -0.2) is 13.2 Å². The summed E-state index contributed by atoms with van der Waals surface area (Å²) < 4.78 is 26.8. The lowest BCUT2D eigenvalue weighted by Crippen LogP contribution is -2.38. The molecule has 1 aliphatic heterocycles. The first-order valence-corrected chi connectivity index (χ1v) is 8.34. The molecule has 1 aromatic carbocycles. The van der Waals surface area contributed by atoms with Gasteiger partial charge in [0.15, 0.2) is 0 Å². The Kier molecular flexibility index (Phi) is 4.65. The van der Waals surface area contributed by atoms with E-state index in [9.17, 15) is 18.3 Å². The van der Waals surface area contributed by atoms with Crippen molar-refractivity contribution in [1.29, 1.82) is 0 Å². The maximum Gasteiger partial charge on any atom is 0.335 e. The Labute approximate surface area is 124 Å². The van der Waals surface area contributed by atoms with Crippen molar-refractivity contribution in [3.8, 4) is 0 Å². The zero-order valence-corrected chi connectivity index (χ0v) is 12.6. The molecule has 21 heavy (non-hydrogen) atoms. The molecule has 1 aliphatic rings. The summed E-state index contributed by atoms with van der Waals surface area (Å²) >= 11 is 0. The number of aromatic carboxylic acids is 1. The van der Waals surface area contributed by atoms with E-state index in [1.807, 2.05) is 6.92 Å². The van der Waals surface area contributed by atoms with Crippen molar-refractivity contribution < 1.29 is 23.4 Å². The van der Waals surface area contributed by atoms with Gasteiger partial charge in [-0.05, 0) is 37.0 Å². The lowest BCUT2D eigenvalue weighted by atomic mass is 10.1. The molecule has 0 saturated carbocycles. The predicted molar refractivity (Wildman–Crippen MR) is 76.8 cm³/mol. The molecular formula is C14H19NO5S. The molecule has 116 valence electrons. The summed E-state index contributed by atoms with van der Waals surface area (Å²) in [5, 5.41) is 18.4. The molecule has 1 aromatic rings. The smallest absolute Gasteiger partial charge is 0.335 e. The van der Waals surface area contributed by atoms with Crippen LogP contribution in [0.1, 0.15) is 35.7 Å². The van der Waals surface area contributed by atoms with E-state index in [0.717, 1.165) is 0 Å². The maximum absolute atomic E-state index is 12.8. The van der Waals surface area contributed by atoms with Crippen molar-refractivity contribution >= 4 is 16.0 Å². The summed E-state index contributed by atoms with van der Waals surface area (Å²) in [4.78, 5) is 11.1. The van der Waals surface area contributed by atoms with Crippen LogP contribution in [0.3, 0.4) is 0 Å². The third-order valence-electron chi connectivity index (χ3n) is 3.82. The fraction of sp³-hybridized carbons (Fsp3) is 0.500. The van der Waals surface area contributed by atoms with Crippen LogP contribution in [0, 0.1) is 0 Å². The second-order valence-corrected chi connectivity index (χ2v) is 6.93. The number of hydrogen-bond acceptors (Lipinski definition) is 4. The number of rotatable bonds is 5. The van der Waals surface area contributed by atoms with Crippen molar-refractivity contribution in [2.75, 3.05) is 13.2 Å². The van der Waals surface area contributed by atoms with E-state index in [0.29, 0.717) is 31.4 Å². The number of nitrogens with zero attached hydrogens (tertiary/aromatic N) is 1. The van der Waals surface area contributed by atoms with Crippen LogP contribution in [0.15, 0.2) is 23.1 Å². The molecule has 0 radical (unpaired) electrons. The second kappa shape index (κ2) is 6.13. The van der Waals surface area contributed by atoms with Crippen LogP contribution in [0.4, 0.5) is 0 Å². The lowest BCUT2D eigenvalue weighted by Gasteiger charge is -2.23. The summed E-state index contributed by atoms with van der Waals surface area (Å²) in [5.41, 5.74) is 0.536. The highest BCUT2D eigenvalue weighted by Crippen LogP contribution is 2.28. The molecule has 0 bridgehead atoms. The highest BCUT2D eigenvalue weighted by atomic mass is 32.2. The molecule has 0 aromatic heterocycles. The molecule has 1 heterocycles. The first-order valence-electron chi connectivity index (χ1n) is 6.90. The zero-order chi connectivity index (χ0) is 15.6. The number of aryl methyl sites for hydroxylation is 1. The number of benzene rings is 1. The van der Waals surface area contributed by atoms with Gasteiger partial charge in [-0.2, -0.15) is 4.31 Å². The van der Waals surface area contributed by atoms with Crippen molar-refractivity contribution in [2.45, 2.75) is 37.1 Å². The first kappa shape index (κ1) is 15.9. The van der Waals surface area contributed by atoms with Crippen LogP contribution < -0.4 is 0 Å². The Balaban J connectivity index is 2.52. The van der Waals surface area contributed by atoms with Crippen molar-refractivity contribution in [2.24, 2.45) is 0 Å². The molecular weight excluding hydrogens is 294 g/mol. The van der Waals surface area contributed by atoms with Crippen molar-refractivity contribution in [3.05, 3.63) is 29.3 Å². The van der Waals surface area contributed by atoms with Crippen LogP contribution in [0.2, 0.25) is 0 Å². The van der Waals surface area contributed by atoms with Crippen molar-refractivity contribution in [3.63, 3.8) is 0 Å². The summed E-state index contributed by atoms with van der Waals surface area (Å²) in [5.74, 6) is -1.16. The Hall–Kier alpha value is -1.44. The molecule has 0 amide bonds. The largest absolute Gasteiger partial charge is 0.478 e. The van der Waals surface area contributed by atoms with Gasteiger partial charge in [0, 0.05) is 12.6 Å². The third-order valence-corrected chi connectivity index (χ3v) is 5.85. The molecule has 1 atom stereocenters. The van der Waals surface area contributed by atoms with E-state index in [4.69, 9.17) is 5.11 Å². The SMILES string of the molecule is CCc1ccc(C(=O)O)cc1S(=O)(=O)N1CCC[C@@H]1CO. The Morgan fingerprint density at radius 3 is 2.71 bits per heavy atom. The fourth-order valence-corrected chi connectivity index (χ4v) is 4.66. The van der Waals surface area contributed by atoms with Gasteiger partial charge >= 0.3 is 5.97 Å². The highest BCUT2D eigenvalue weighted by Gasteiger charge is 2.36.